The third-order valence-electron chi connectivity index (χ3n) is 8.13. The highest BCUT2D eigenvalue weighted by molar-refractivity contribution is 5.91. The lowest BCUT2D eigenvalue weighted by atomic mass is 9.52. The fourth-order valence-electron chi connectivity index (χ4n) is 6.80. The first-order valence-corrected chi connectivity index (χ1v) is 9.89. The number of carbonyl (C=O) groups is 1. The first-order valence-electron chi connectivity index (χ1n) is 9.89. The second-order valence-corrected chi connectivity index (χ2v) is 8.93. The zero-order valence-corrected chi connectivity index (χ0v) is 15.2. The van der Waals surface area contributed by atoms with E-state index in [1.807, 2.05) is 6.08 Å². The molecule has 7 atom stereocenters. The monoisotopic (exact) mass is 340 g/mol. The summed E-state index contributed by atoms with van der Waals surface area (Å²) in [4.78, 5) is 11.8. The summed E-state index contributed by atoms with van der Waals surface area (Å²) in [5.74, 6) is 2.92. The van der Waals surface area contributed by atoms with Crippen molar-refractivity contribution < 1.29 is 14.3 Å². The van der Waals surface area contributed by atoms with E-state index in [1.165, 1.54) is 24.8 Å². The molecule has 3 heteroatoms. The summed E-state index contributed by atoms with van der Waals surface area (Å²) in [6.45, 7) is 2.45. The number of hydrogen-bond acceptors (Lipinski definition) is 3. The third-order valence-corrected chi connectivity index (χ3v) is 8.13. The van der Waals surface area contributed by atoms with Gasteiger partial charge in [-0.15, -0.1) is 0 Å². The van der Waals surface area contributed by atoms with Gasteiger partial charge in [-0.05, 0) is 73.5 Å². The van der Waals surface area contributed by atoms with Gasteiger partial charge in [0.25, 0.3) is 0 Å². The second-order valence-electron chi connectivity index (χ2n) is 8.93. The fourth-order valence-corrected chi connectivity index (χ4v) is 6.80. The molecule has 5 aliphatic rings. The number of ketones is 1. The predicted octanol–water partition coefficient (Wildman–Crippen LogP) is 4.20. The molecule has 1 aliphatic heterocycles. The van der Waals surface area contributed by atoms with Crippen LogP contribution >= 0.6 is 0 Å². The van der Waals surface area contributed by atoms with Crippen molar-refractivity contribution in [3.05, 3.63) is 36.0 Å². The zero-order valence-electron chi connectivity index (χ0n) is 15.2. The Morgan fingerprint density at radius 1 is 1.20 bits per heavy atom. The van der Waals surface area contributed by atoms with Crippen LogP contribution in [-0.4, -0.2) is 24.8 Å². The van der Waals surface area contributed by atoms with E-state index >= 15 is 0 Å². The molecule has 1 spiro atoms. The maximum Gasteiger partial charge on any atom is 0.177 e. The lowest BCUT2D eigenvalue weighted by molar-refractivity contribution is -0.188. The van der Waals surface area contributed by atoms with Crippen LogP contribution in [0.3, 0.4) is 0 Å². The Balaban J connectivity index is 1.48. The van der Waals surface area contributed by atoms with Gasteiger partial charge in [-0.3, -0.25) is 4.79 Å². The molecule has 0 aromatic rings. The van der Waals surface area contributed by atoms with Gasteiger partial charge in [0.2, 0.25) is 0 Å². The number of methoxy groups -OCH3 is 1. The second kappa shape index (κ2) is 5.40. The first kappa shape index (κ1) is 16.0. The highest BCUT2D eigenvalue weighted by Crippen LogP contribution is 2.66. The van der Waals surface area contributed by atoms with Crippen LogP contribution in [0.4, 0.5) is 0 Å². The van der Waals surface area contributed by atoms with Crippen molar-refractivity contribution in [2.75, 3.05) is 7.11 Å². The number of rotatable bonds is 1. The molecule has 4 aliphatic carbocycles. The van der Waals surface area contributed by atoms with Crippen molar-refractivity contribution in [1.82, 2.24) is 0 Å². The molecular formula is C22H28O3. The van der Waals surface area contributed by atoms with E-state index in [-0.39, 0.29) is 17.3 Å². The standard InChI is InChI=1S/C22H28O3/c1-21-10-7-17-16-6-4-15(23)13-14(16)3-5-18(17)19(21)8-11-22(21)12-9-20(24-2)25-22/h3,5,9,12-13,16-20H,4,6-8,10-11H2,1-2H3/t16-,17?,18?,19?,20?,21-,22+/m0/s1. The largest absolute Gasteiger partial charge is 0.352 e. The average molecular weight is 340 g/mol. The summed E-state index contributed by atoms with van der Waals surface area (Å²) in [5, 5.41) is 0. The molecule has 2 saturated carbocycles. The minimum Gasteiger partial charge on any atom is -0.352 e. The van der Waals surface area contributed by atoms with Crippen molar-refractivity contribution in [3.8, 4) is 0 Å². The highest BCUT2D eigenvalue weighted by Gasteiger charge is 2.63. The third kappa shape index (κ3) is 2.09. The molecule has 0 bridgehead atoms. The quantitative estimate of drug-likeness (QED) is 0.671. The number of allylic oxidation sites excluding steroid dienone is 4. The van der Waals surface area contributed by atoms with E-state index in [1.54, 1.807) is 7.11 Å². The van der Waals surface area contributed by atoms with Gasteiger partial charge in [0, 0.05) is 18.9 Å². The number of ether oxygens (including phenoxy) is 2. The maximum absolute atomic E-state index is 11.8. The lowest BCUT2D eigenvalue weighted by Crippen LogP contribution is -2.51. The predicted molar refractivity (Wildman–Crippen MR) is 95.8 cm³/mol. The summed E-state index contributed by atoms with van der Waals surface area (Å²) in [7, 11) is 1.72. The normalized spacial score (nSPS) is 50.6. The number of carbonyl (C=O) groups excluding carboxylic acids is 1. The molecule has 4 unspecified atom stereocenters. The summed E-state index contributed by atoms with van der Waals surface area (Å²) < 4.78 is 11.9. The van der Waals surface area contributed by atoms with Crippen LogP contribution in [0.1, 0.15) is 45.4 Å². The van der Waals surface area contributed by atoms with Crippen molar-refractivity contribution in [2.24, 2.45) is 29.1 Å². The van der Waals surface area contributed by atoms with E-state index in [4.69, 9.17) is 9.47 Å². The molecular weight excluding hydrogens is 312 g/mol. The maximum atomic E-state index is 11.8. The first-order chi connectivity index (χ1) is 12.1. The molecule has 134 valence electrons. The van der Waals surface area contributed by atoms with E-state index < -0.39 is 0 Å². The molecule has 0 N–H and O–H groups in total. The minimum absolute atomic E-state index is 0.143. The molecule has 0 aromatic heterocycles. The van der Waals surface area contributed by atoms with Crippen LogP contribution in [0, 0.1) is 29.1 Å². The van der Waals surface area contributed by atoms with E-state index in [0.717, 1.165) is 19.3 Å². The lowest BCUT2D eigenvalue weighted by Gasteiger charge is -2.54. The van der Waals surface area contributed by atoms with Crippen LogP contribution in [0.15, 0.2) is 36.0 Å². The topological polar surface area (TPSA) is 35.5 Å². The molecule has 0 radical (unpaired) electrons. The van der Waals surface area contributed by atoms with Gasteiger partial charge < -0.3 is 9.47 Å². The van der Waals surface area contributed by atoms with Crippen LogP contribution in [0.2, 0.25) is 0 Å². The Bertz CT molecular complexity index is 689. The van der Waals surface area contributed by atoms with Crippen LogP contribution in [0.5, 0.6) is 0 Å². The van der Waals surface area contributed by atoms with E-state index in [9.17, 15) is 4.79 Å². The van der Waals surface area contributed by atoms with Crippen LogP contribution in [0.25, 0.3) is 0 Å². The SMILES string of the molecule is COC1C=C[C@@]2(CCC3C4C=CC5=CC(=O)CC[C@@H]5C4CC[C@@]32C)O1. The highest BCUT2D eigenvalue weighted by atomic mass is 16.7. The van der Waals surface area contributed by atoms with Gasteiger partial charge in [-0.2, -0.15) is 0 Å². The van der Waals surface area contributed by atoms with E-state index in [0.29, 0.717) is 29.5 Å². The van der Waals surface area contributed by atoms with Crippen molar-refractivity contribution in [3.63, 3.8) is 0 Å². The van der Waals surface area contributed by atoms with Gasteiger partial charge >= 0.3 is 0 Å². The number of hydrogen-bond donors (Lipinski definition) is 0. The molecule has 3 nitrogen and oxygen atoms in total. The Morgan fingerprint density at radius 3 is 2.88 bits per heavy atom. The van der Waals surface area contributed by atoms with Gasteiger partial charge in [0.05, 0.1) is 5.60 Å². The molecule has 5 rings (SSSR count). The molecule has 1 heterocycles. The fraction of sp³-hybridized carbons (Fsp3) is 0.682. The van der Waals surface area contributed by atoms with Crippen molar-refractivity contribution in [2.45, 2.75) is 57.3 Å². The van der Waals surface area contributed by atoms with Gasteiger partial charge in [0.15, 0.2) is 12.1 Å². The van der Waals surface area contributed by atoms with Gasteiger partial charge in [0.1, 0.15) is 0 Å². The zero-order chi connectivity index (χ0) is 17.2. The molecule has 25 heavy (non-hydrogen) atoms. The molecule has 0 saturated heterocycles. The Kier molecular flexibility index (Phi) is 3.46. The number of fused-ring (bicyclic) bond motifs is 6. The Labute approximate surface area is 150 Å². The molecule has 0 amide bonds. The molecule has 2 fully saturated rings. The van der Waals surface area contributed by atoms with Crippen molar-refractivity contribution in [1.29, 1.82) is 0 Å². The van der Waals surface area contributed by atoms with Gasteiger partial charge in [-0.1, -0.05) is 25.2 Å². The summed E-state index contributed by atoms with van der Waals surface area (Å²) in [5.41, 5.74) is 1.34. The summed E-state index contributed by atoms with van der Waals surface area (Å²) in [6, 6.07) is 0. The minimum atomic E-state index is -0.186. The Hall–Kier alpha value is -1.19. The van der Waals surface area contributed by atoms with E-state index in [2.05, 4.69) is 31.2 Å². The average Bonchev–Trinajstić information content (AvgIpc) is 3.17. The van der Waals surface area contributed by atoms with Crippen LogP contribution in [-0.2, 0) is 14.3 Å². The van der Waals surface area contributed by atoms with Crippen LogP contribution < -0.4 is 0 Å². The summed E-state index contributed by atoms with van der Waals surface area (Å²) in [6.07, 6.45) is 17.4. The van der Waals surface area contributed by atoms with Gasteiger partial charge in [-0.25, -0.2) is 0 Å². The smallest absolute Gasteiger partial charge is 0.177 e. The van der Waals surface area contributed by atoms with Crippen molar-refractivity contribution >= 4 is 5.78 Å². The Morgan fingerprint density at radius 2 is 2.08 bits per heavy atom. The summed E-state index contributed by atoms with van der Waals surface area (Å²) >= 11 is 0. The molecule has 0 aromatic carbocycles.